The second-order valence-electron chi connectivity index (χ2n) is 1.00. The number of rotatable bonds is 0. The van der Waals surface area contributed by atoms with Crippen LogP contribution in [0.1, 0.15) is 6.42 Å². The molecule has 0 N–H and O–H groups in total. The van der Waals surface area contributed by atoms with Crippen molar-refractivity contribution < 1.29 is 25.8 Å². The third kappa shape index (κ3) is 30.3. The third-order valence-corrected chi connectivity index (χ3v) is 0.586. The molecule has 1 aliphatic rings. The van der Waals surface area contributed by atoms with Crippen LogP contribution in [0.2, 0.25) is 0 Å². The Bertz CT molecular complexity index is 72.4. The summed E-state index contributed by atoms with van der Waals surface area (Å²) in [5.41, 5.74) is 0. The second kappa shape index (κ2) is 39.8. The van der Waals surface area contributed by atoms with Gasteiger partial charge in [0.05, 0.1) is 0 Å². The molecule has 0 amide bonds. The first-order valence-corrected chi connectivity index (χ1v) is 1.72. The largest absolute Gasteiger partial charge is 4.00 e. The van der Waals surface area contributed by atoms with Gasteiger partial charge in [0.1, 0.15) is 0 Å². The van der Waals surface area contributed by atoms with Crippen LogP contribution < -0.4 is 0 Å². The summed E-state index contributed by atoms with van der Waals surface area (Å²) in [7, 11) is 0. The van der Waals surface area contributed by atoms with Crippen LogP contribution in [0, 0.1) is 28.4 Å². The fourth-order valence-electron chi connectivity index (χ4n) is 0.340. The van der Waals surface area contributed by atoms with Crippen molar-refractivity contribution in [1.82, 2.24) is 0 Å². The molecule has 12 heavy (non-hydrogen) atoms. The van der Waals surface area contributed by atoms with Crippen LogP contribution in [0.3, 0.4) is 0 Å². The van der Waals surface area contributed by atoms with Gasteiger partial charge < -0.3 is 22.3 Å². The average molecular weight is 398 g/mol. The van der Waals surface area contributed by atoms with E-state index < -0.39 is 0 Å². The molecule has 0 fully saturated rings. The monoisotopic (exact) mass is 398 g/mol. The summed E-state index contributed by atoms with van der Waals surface area (Å²) in [5.74, 6) is 0. The molecule has 0 radical (unpaired) electrons. The van der Waals surface area contributed by atoms with E-state index in [-0.39, 0.29) is 85.3 Å². The minimum absolute atomic E-state index is 0. The molecule has 1 aliphatic carbocycles. The minimum atomic E-state index is 0. The molecule has 0 heterocycles. The van der Waals surface area contributed by atoms with Gasteiger partial charge in [0.25, 0.3) is 0 Å². The van der Waals surface area contributed by atoms with E-state index in [2.05, 4.69) is 12.2 Å². The molecule has 0 unspecified atom stereocenters. The number of halogens is 3. The molecule has 0 bridgehead atoms. The first-order valence-electron chi connectivity index (χ1n) is 1.72. The Hall–Kier alpha value is 1.22. The zero-order valence-corrected chi connectivity index (χ0v) is 13.7. The summed E-state index contributed by atoms with van der Waals surface area (Å²) in [4.78, 5) is 0. The molecule has 0 aromatic heterocycles. The molecule has 0 saturated carbocycles. The Morgan fingerprint density at radius 2 is 1.33 bits per heavy atom. The number of hydrogen-bond acceptors (Lipinski definition) is 0. The quantitative estimate of drug-likeness (QED) is 0.429. The van der Waals surface area contributed by atoms with Gasteiger partial charge in [-0.2, -0.15) is 6.08 Å². The molecule has 74 valence electrons. The van der Waals surface area contributed by atoms with Crippen molar-refractivity contribution in [1.29, 1.82) is 0 Å². The molecule has 0 atom stereocenters. The van der Waals surface area contributed by atoms with Gasteiger partial charge in [-0.15, -0.1) is 43.6 Å². The van der Waals surface area contributed by atoms with Crippen molar-refractivity contribution in [2.45, 2.75) is 6.42 Å². The molecule has 1 rings (SSSR count). The van der Waals surface area contributed by atoms with E-state index in [0.717, 1.165) is 6.42 Å². The van der Waals surface area contributed by atoms with Crippen molar-refractivity contribution in [3.05, 3.63) is 46.6 Å². The molecule has 0 nitrogen and oxygen atoms in total. The Balaban J connectivity index is -0.00000000714. The molecule has 0 aromatic rings. The Kier molecular flexibility index (Phi) is 169. The van der Waals surface area contributed by atoms with Crippen LogP contribution in [0.15, 0.2) is 18.2 Å². The summed E-state index contributed by atoms with van der Waals surface area (Å²) >= 11 is 0. The average Bonchev–Trinajstić information content (AvgIpc) is 1.76. The summed E-state index contributed by atoms with van der Waals surface area (Å²) in [6.07, 6.45) is 10.0. The summed E-state index contributed by atoms with van der Waals surface area (Å²) in [5, 5.41) is 0. The van der Waals surface area contributed by atoms with Gasteiger partial charge in [0.2, 0.25) is 0 Å². The fraction of sp³-hybridized carbons (Fsp3) is 0.125. The Labute approximate surface area is 115 Å². The van der Waals surface area contributed by atoms with Gasteiger partial charge in [-0.05, 0) is 0 Å². The standard InChI is InChI=1S/C5H5.3CH3.3ClH.Hf/c1-2-4-5-3-1;;;;;;;/h1-3H,4H2;3*1H3;3*1H;/q4*-1;;;;+4. The van der Waals surface area contributed by atoms with Crippen molar-refractivity contribution >= 4 is 37.2 Å². The van der Waals surface area contributed by atoms with Gasteiger partial charge in [-0.3, -0.25) is 6.08 Å². The van der Waals surface area contributed by atoms with Crippen LogP contribution in [0.5, 0.6) is 0 Å². The van der Waals surface area contributed by atoms with Crippen molar-refractivity contribution in [3.63, 3.8) is 0 Å². The van der Waals surface area contributed by atoms with Gasteiger partial charge in [-0.25, -0.2) is 12.2 Å². The van der Waals surface area contributed by atoms with E-state index in [1.807, 2.05) is 12.2 Å². The van der Waals surface area contributed by atoms with Crippen LogP contribution >= 0.6 is 37.2 Å². The van der Waals surface area contributed by atoms with E-state index in [4.69, 9.17) is 0 Å². The molecule has 0 aliphatic heterocycles. The molecule has 0 aromatic carbocycles. The molecular formula is C8H17Cl3Hf. The van der Waals surface area contributed by atoms with Gasteiger partial charge in [-0.1, -0.05) is 0 Å². The van der Waals surface area contributed by atoms with E-state index in [1.165, 1.54) is 0 Å². The zero-order valence-electron chi connectivity index (χ0n) is 7.66. The molecular weight excluding hydrogens is 381 g/mol. The summed E-state index contributed by atoms with van der Waals surface area (Å²) < 4.78 is 0. The fourth-order valence-corrected chi connectivity index (χ4v) is 0.340. The van der Waals surface area contributed by atoms with E-state index in [9.17, 15) is 0 Å². The second-order valence-corrected chi connectivity index (χ2v) is 1.00. The first-order chi connectivity index (χ1) is 2.50. The van der Waals surface area contributed by atoms with Crippen molar-refractivity contribution in [2.24, 2.45) is 0 Å². The number of hydrogen-bond donors (Lipinski definition) is 0. The van der Waals surface area contributed by atoms with Gasteiger partial charge in [0, 0.05) is 0 Å². The van der Waals surface area contributed by atoms with E-state index >= 15 is 0 Å². The summed E-state index contributed by atoms with van der Waals surface area (Å²) in [6.45, 7) is 0. The Morgan fingerprint density at radius 1 is 0.917 bits per heavy atom. The van der Waals surface area contributed by atoms with Crippen LogP contribution in [0.4, 0.5) is 0 Å². The maximum absolute atomic E-state index is 2.99. The van der Waals surface area contributed by atoms with Crippen LogP contribution in [0.25, 0.3) is 0 Å². The van der Waals surface area contributed by atoms with Crippen LogP contribution in [-0.4, -0.2) is 0 Å². The molecule has 4 heteroatoms. The predicted octanol–water partition coefficient (Wildman–Crippen LogP) is 3.92. The van der Waals surface area contributed by atoms with E-state index in [0.29, 0.717) is 0 Å². The van der Waals surface area contributed by atoms with Crippen molar-refractivity contribution in [3.8, 4) is 0 Å². The SMILES string of the molecule is Cl.Cl.Cl.[C-]1=CC=CC1.[CH3-].[CH3-].[CH3-].[Hf+4]. The maximum Gasteiger partial charge on any atom is 4.00 e. The molecule has 0 spiro atoms. The summed E-state index contributed by atoms with van der Waals surface area (Å²) in [6, 6.07) is 0. The minimum Gasteiger partial charge on any atom is -0.358 e. The maximum atomic E-state index is 2.99. The van der Waals surface area contributed by atoms with Gasteiger partial charge >= 0.3 is 25.8 Å². The van der Waals surface area contributed by atoms with Crippen molar-refractivity contribution in [2.75, 3.05) is 0 Å². The normalized spacial score (nSPS) is 7.33. The number of allylic oxidation sites excluding steroid dienone is 4. The van der Waals surface area contributed by atoms with Gasteiger partial charge in [0.15, 0.2) is 0 Å². The molecule has 0 saturated heterocycles. The zero-order chi connectivity index (χ0) is 3.54. The smallest absolute Gasteiger partial charge is 0.358 e. The van der Waals surface area contributed by atoms with Crippen LogP contribution in [-0.2, 0) is 25.8 Å². The Morgan fingerprint density at radius 3 is 1.42 bits per heavy atom. The first kappa shape index (κ1) is 51.0. The third-order valence-electron chi connectivity index (χ3n) is 0.586. The predicted molar refractivity (Wildman–Crippen MR) is 62.6 cm³/mol. The van der Waals surface area contributed by atoms with E-state index in [1.54, 1.807) is 0 Å². The topological polar surface area (TPSA) is 0 Å².